The van der Waals surface area contributed by atoms with E-state index < -0.39 is 0 Å². The molecule has 0 atom stereocenters. The first kappa shape index (κ1) is 10.6. The van der Waals surface area contributed by atoms with Crippen molar-refractivity contribution in [3.05, 3.63) is 0 Å². The molecule has 0 aromatic heterocycles. The van der Waals surface area contributed by atoms with Crippen LogP contribution in [0.25, 0.3) is 0 Å². The molecule has 1 N–H and O–H groups in total. The summed E-state index contributed by atoms with van der Waals surface area (Å²) in [5.74, 6) is 5.45. The molecule has 0 heterocycles. The van der Waals surface area contributed by atoms with Crippen LogP contribution in [-0.4, -0.2) is 18.4 Å². The lowest BCUT2D eigenvalue weighted by Gasteiger charge is -2.54. The molecule has 0 saturated heterocycles. The lowest BCUT2D eigenvalue weighted by molar-refractivity contribution is -0.0352. The maximum Gasteiger partial charge on any atom is 0.0157 e. The molecule has 4 aliphatic rings. The highest BCUT2D eigenvalue weighted by Crippen LogP contribution is 2.56. The van der Waals surface area contributed by atoms with Crippen LogP contribution in [0, 0.1) is 29.6 Å². The first-order chi connectivity index (χ1) is 7.36. The SMILES string of the molecule is BrCCNCC1C2CC3CC(C2)CC1C3. The van der Waals surface area contributed by atoms with Crippen LogP contribution < -0.4 is 5.32 Å². The number of rotatable bonds is 4. The van der Waals surface area contributed by atoms with Crippen LogP contribution in [0.5, 0.6) is 0 Å². The molecule has 0 unspecified atom stereocenters. The van der Waals surface area contributed by atoms with E-state index in [2.05, 4.69) is 21.2 Å². The summed E-state index contributed by atoms with van der Waals surface area (Å²) >= 11 is 3.49. The van der Waals surface area contributed by atoms with Gasteiger partial charge in [-0.2, -0.15) is 0 Å². The molecular formula is C13H22BrN. The third kappa shape index (κ3) is 2.00. The van der Waals surface area contributed by atoms with E-state index in [-0.39, 0.29) is 0 Å². The molecule has 4 fully saturated rings. The van der Waals surface area contributed by atoms with E-state index in [1.807, 2.05) is 0 Å². The standard InChI is InChI=1S/C13H22BrN/c14-1-2-15-8-13-11-4-9-3-10(6-11)7-12(13)5-9/h9-13,15H,1-8H2. The third-order valence-electron chi connectivity index (χ3n) is 5.07. The van der Waals surface area contributed by atoms with Crippen LogP contribution in [0.3, 0.4) is 0 Å². The lowest BCUT2D eigenvalue weighted by Crippen LogP contribution is -2.48. The number of nitrogens with one attached hydrogen (secondary N) is 1. The number of hydrogen-bond acceptors (Lipinski definition) is 1. The smallest absolute Gasteiger partial charge is 0.0157 e. The Morgan fingerprint density at radius 3 is 2.07 bits per heavy atom. The summed E-state index contributed by atoms with van der Waals surface area (Å²) in [6.07, 6.45) is 7.83. The zero-order valence-corrected chi connectivity index (χ0v) is 11.0. The minimum Gasteiger partial charge on any atom is -0.316 e. The van der Waals surface area contributed by atoms with Gasteiger partial charge in [0.25, 0.3) is 0 Å². The topological polar surface area (TPSA) is 12.0 Å². The van der Waals surface area contributed by atoms with Crippen LogP contribution in [-0.2, 0) is 0 Å². The molecular weight excluding hydrogens is 250 g/mol. The van der Waals surface area contributed by atoms with Crippen LogP contribution >= 0.6 is 15.9 Å². The van der Waals surface area contributed by atoms with Gasteiger partial charge in [0.1, 0.15) is 0 Å². The van der Waals surface area contributed by atoms with Crippen LogP contribution in [0.4, 0.5) is 0 Å². The highest BCUT2D eigenvalue weighted by Gasteiger charge is 2.47. The minimum absolute atomic E-state index is 1.02. The number of hydrogen-bond donors (Lipinski definition) is 1. The van der Waals surface area contributed by atoms with Crippen LogP contribution in [0.2, 0.25) is 0 Å². The molecule has 0 aromatic rings. The Bertz CT molecular complexity index is 201. The van der Waals surface area contributed by atoms with E-state index in [1.54, 1.807) is 32.1 Å². The van der Waals surface area contributed by atoms with Gasteiger partial charge >= 0.3 is 0 Å². The number of halogens is 1. The summed E-state index contributed by atoms with van der Waals surface area (Å²) in [5.41, 5.74) is 0. The van der Waals surface area contributed by atoms with E-state index >= 15 is 0 Å². The molecule has 86 valence electrons. The fraction of sp³-hybridized carbons (Fsp3) is 1.00. The van der Waals surface area contributed by atoms with Gasteiger partial charge < -0.3 is 5.32 Å². The van der Waals surface area contributed by atoms with Gasteiger partial charge in [0.2, 0.25) is 0 Å². The van der Waals surface area contributed by atoms with Gasteiger partial charge in [-0.25, -0.2) is 0 Å². The van der Waals surface area contributed by atoms with Crippen LogP contribution in [0.15, 0.2) is 0 Å². The summed E-state index contributed by atoms with van der Waals surface area (Å²) < 4.78 is 0. The summed E-state index contributed by atoms with van der Waals surface area (Å²) in [6, 6.07) is 0. The molecule has 0 aromatic carbocycles. The van der Waals surface area contributed by atoms with E-state index in [0.717, 1.165) is 41.5 Å². The second-order valence-corrected chi connectivity index (χ2v) is 6.78. The van der Waals surface area contributed by atoms with E-state index in [0.29, 0.717) is 0 Å². The van der Waals surface area contributed by atoms with Crippen molar-refractivity contribution < 1.29 is 0 Å². The van der Waals surface area contributed by atoms with Gasteiger partial charge in [-0.3, -0.25) is 0 Å². The Morgan fingerprint density at radius 2 is 1.53 bits per heavy atom. The molecule has 4 aliphatic carbocycles. The van der Waals surface area contributed by atoms with Crippen molar-refractivity contribution in [2.45, 2.75) is 32.1 Å². The fourth-order valence-electron chi connectivity index (χ4n) is 4.71. The van der Waals surface area contributed by atoms with Gasteiger partial charge in [-0.05, 0) is 68.2 Å². The second kappa shape index (κ2) is 4.37. The normalized spacial score (nSPS) is 47.4. The Labute approximate surface area is 102 Å². The van der Waals surface area contributed by atoms with Crippen molar-refractivity contribution in [2.75, 3.05) is 18.4 Å². The first-order valence-corrected chi connectivity index (χ1v) is 7.75. The quantitative estimate of drug-likeness (QED) is 0.612. The molecule has 2 heteroatoms. The Kier molecular flexibility index (Phi) is 3.08. The predicted octanol–water partition coefficient (Wildman–Crippen LogP) is 3.04. The van der Waals surface area contributed by atoms with Crippen LogP contribution in [0.1, 0.15) is 32.1 Å². The maximum absolute atomic E-state index is 3.62. The molecule has 0 aliphatic heterocycles. The van der Waals surface area contributed by atoms with Crippen molar-refractivity contribution in [1.82, 2.24) is 5.32 Å². The van der Waals surface area contributed by atoms with E-state index in [4.69, 9.17) is 0 Å². The van der Waals surface area contributed by atoms with Gasteiger partial charge in [-0.1, -0.05) is 15.9 Å². The largest absolute Gasteiger partial charge is 0.316 e. The number of alkyl halides is 1. The Morgan fingerprint density at radius 1 is 0.933 bits per heavy atom. The predicted molar refractivity (Wildman–Crippen MR) is 67.2 cm³/mol. The molecule has 4 saturated carbocycles. The Hall–Kier alpha value is 0.440. The van der Waals surface area contributed by atoms with E-state index in [9.17, 15) is 0 Å². The van der Waals surface area contributed by atoms with Crippen molar-refractivity contribution in [3.8, 4) is 0 Å². The van der Waals surface area contributed by atoms with Crippen molar-refractivity contribution >= 4 is 15.9 Å². The summed E-state index contributed by atoms with van der Waals surface area (Å²) in [4.78, 5) is 0. The molecule has 4 rings (SSSR count). The first-order valence-electron chi connectivity index (χ1n) is 6.63. The zero-order valence-electron chi connectivity index (χ0n) is 9.42. The van der Waals surface area contributed by atoms with Gasteiger partial charge in [0.15, 0.2) is 0 Å². The molecule has 15 heavy (non-hydrogen) atoms. The molecule has 1 nitrogen and oxygen atoms in total. The van der Waals surface area contributed by atoms with Crippen molar-refractivity contribution in [3.63, 3.8) is 0 Å². The minimum atomic E-state index is 1.02. The van der Waals surface area contributed by atoms with Crippen molar-refractivity contribution in [1.29, 1.82) is 0 Å². The average Bonchev–Trinajstić information content (AvgIpc) is 2.21. The maximum atomic E-state index is 3.62. The van der Waals surface area contributed by atoms with Gasteiger partial charge in [-0.15, -0.1) is 0 Å². The molecule has 4 bridgehead atoms. The highest BCUT2D eigenvalue weighted by atomic mass is 79.9. The van der Waals surface area contributed by atoms with Gasteiger partial charge in [0.05, 0.1) is 0 Å². The van der Waals surface area contributed by atoms with Gasteiger partial charge in [0, 0.05) is 11.9 Å². The monoisotopic (exact) mass is 271 g/mol. The van der Waals surface area contributed by atoms with E-state index in [1.165, 1.54) is 6.54 Å². The summed E-state index contributed by atoms with van der Waals surface area (Å²) in [7, 11) is 0. The molecule has 0 spiro atoms. The second-order valence-electron chi connectivity index (χ2n) is 5.99. The Balaban J connectivity index is 1.60. The molecule has 0 radical (unpaired) electrons. The lowest BCUT2D eigenvalue weighted by atomic mass is 9.52. The zero-order chi connectivity index (χ0) is 10.3. The average molecular weight is 272 g/mol. The third-order valence-corrected chi connectivity index (χ3v) is 5.47. The van der Waals surface area contributed by atoms with Crippen molar-refractivity contribution in [2.24, 2.45) is 29.6 Å². The highest BCUT2D eigenvalue weighted by molar-refractivity contribution is 9.09. The fourth-order valence-corrected chi connectivity index (χ4v) is 4.99. The molecule has 0 amide bonds. The summed E-state index contributed by atoms with van der Waals surface area (Å²) in [5, 5.41) is 4.71. The summed E-state index contributed by atoms with van der Waals surface area (Å²) in [6.45, 7) is 2.43.